The second kappa shape index (κ2) is 8.86. The van der Waals surface area contributed by atoms with Crippen LogP contribution in [-0.2, 0) is 17.8 Å². The highest BCUT2D eigenvalue weighted by molar-refractivity contribution is 7.10. The Morgan fingerprint density at radius 1 is 1.28 bits per heavy atom. The monoisotopic (exact) mass is 414 g/mol. The minimum absolute atomic E-state index is 0.0493. The van der Waals surface area contributed by atoms with Crippen molar-refractivity contribution in [1.29, 1.82) is 0 Å². The zero-order valence-corrected chi connectivity index (χ0v) is 17.9. The van der Waals surface area contributed by atoms with Crippen LogP contribution in [0.2, 0.25) is 0 Å². The van der Waals surface area contributed by atoms with Gasteiger partial charge in [-0.3, -0.25) is 9.69 Å². The van der Waals surface area contributed by atoms with Gasteiger partial charge in [0.1, 0.15) is 5.75 Å². The second-order valence-corrected chi connectivity index (χ2v) is 9.55. The number of hydrogen-bond acceptors (Lipinski definition) is 5. The molecule has 0 saturated carbocycles. The van der Waals surface area contributed by atoms with Crippen molar-refractivity contribution in [2.45, 2.75) is 38.3 Å². The molecule has 1 spiro atoms. The van der Waals surface area contributed by atoms with Crippen LogP contribution in [0.1, 0.15) is 29.7 Å². The van der Waals surface area contributed by atoms with Gasteiger partial charge in [0.15, 0.2) is 0 Å². The van der Waals surface area contributed by atoms with E-state index in [1.807, 2.05) is 34.5 Å². The molecule has 2 aliphatic rings. The van der Waals surface area contributed by atoms with Crippen molar-refractivity contribution in [2.24, 2.45) is 5.41 Å². The molecule has 0 radical (unpaired) electrons. The lowest BCUT2D eigenvalue weighted by molar-refractivity contribution is -0.139. The van der Waals surface area contributed by atoms with Crippen molar-refractivity contribution >= 4 is 17.2 Å². The van der Waals surface area contributed by atoms with E-state index in [4.69, 9.17) is 4.74 Å². The summed E-state index contributed by atoms with van der Waals surface area (Å²) in [7, 11) is 1.70. The Labute approximate surface area is 176 Å². The molecule has 1 amide bonds. The van der Waals surface area contributed by atoms with Crippen LogP contribution < -0.4 is 4.74 Å². The molecule has 4 rings (SSSR count). The van der Waals surface area contributed by atoms with E-state index in [2.05, 4.69) is 17.0 Å². The van der Waals surface area contributed by atoms with Crippen molar-refractivity contribution in [3.05, 3.63) is 52.2 Å². The van der Waals surface area contributed by atoms with Gasteiger partial charge < -0.3 is 14.7 Å². The number of piperidine rings is 2. The highest BCUT2D eigenvalue weighted by Crippen LogP contribution is 2.40. The first-order valence-corrected chi connectivity index (χ1v) is 11.3. The molecular weight excluding hydrogens is 384 g/mol. The van der Waals surface area contributed by atoms with Crippen LogP contribution in [0.15, 0.2) is 41.8 Å². The quantitative estimate of drug-likeness (QED) is 0.817. The van der Waals surface area contributed by atoms with Crippen molar-refractivity contribution < 1.29 is 14.6 Å². The summed E-state index contributed by atoms with van der Waals surface area (Å²) in [6.07, 6.45) is 2.89. The van der Waals surface area contributed by atoms with E-state index in [-0.39, 0.29) is 11.3 Å². The molecule has 0 aliphatic carbocycles. The molecular formula is C23H30N2O3S. The molecule has 1 unspecified atom stereocenters. The highest BCUT2D eigenvalue weighted by Gasteiger charge is 2.42. The summed E-state index contributed by atoms with van der Waals surface area (Å²) in [5, 5.41) is 12.5. The molecule has 5 nitrogen and oxygen atoms in total. The molecule has 2 saturated heterocycles. The van der Waals surface area contributed by atoms with Crippen molar-refractivity contribution in [2.75, 3.05) is 33.3 Å². The van der Waals surface area contributed by atoms with Gasteiger partial charge in [0, 0.05) is 24.5 Å². The Morgan fingerprint density at radius 3 is 2.83 bits per heavy atom. The first-order valence-electron chi connectivity index (χ1n) is 10.4. The number of carbonyl (C=O) groups excluding carboxylic acids is 1. The number of amides is 1. The Bertz CT molecular complexity index is 815. The molecule has 0 bridgehead atoms. The van der Waals surface area contributed by atoms with E-state index >= 15 is 0 Å². The smallest absolute Gasteiger partial charge is 0.227 e. The van der Waals surface area contributed by atoms with E-state index in [0.29, 0.717) is 13.0 Å². The Kier molecular flexibility index (Phi) is 6.23. The van der Waals surface area contributed by atoms with Crippen molar-refractivity contribution in [3.63, 3.8) is 0 Å². The van der Waals surface area contributed by atoms with Crippen LogP contribution >= 0.6 is 11.3 Å². The highest BCUT2D eigenvalue weighted by atomic mass is 32.1. The van der Waals surface area contributed by atoms with Crippen LogP contribution in [0, 0.1) is 5.41 Å². The zero-order valence-electron chi connectivity index (χ0n) is 17.0. The first kappa shape index (κ1) is 20.4. The third kappa shape index (κ3) is 5.00. The Morgan fingerprint density at radius 2 is 2.10 bits per heavy atom. The van der Waals surface area contributed by atoms with Gasteiger partial charge in [-0.1, -0.05) is 18.2 Å². The van der Waals surface area contributed by atoms with E-state index in [1.54, 1.807) is 18.4 Å². The number of hydrogen-bond donors (Lipinski definition) is 1. The maximum Gasteiger partial charge on any atom is 0.227 e. The normalized spacial score (nSPS) is 22.0. The van der Waals surface area contributed by atoms with Crippen LogP contribution in [0.4, 0.5) is 0 Å². The van der Waals surface area contributed by atoms with Gasteiger partial charge in [0.05, 0.1) is 19.6 Å². The Balaban J connectivity index is 1.35. The van der Waals surface area contributed by atoms with Gasteiger partial charge >= 0.3 is 0 Å². The SMILES string of the molecule is COc1cccc(CN2CCC3(CC2)CC(O)CN(C(=O)Cc2cccs2)C3)c1. The van der Waals surface area contributed by atoms with Gasteiger partial charge in [-0.25, -0.2) is 0 Å². The lowest BCUT2D eigenvalue weighted by atomic mass is 9.71. The molecule has 29 heavy (non-hydrogen) atoms. The molecule has 156 valence electrons. The number of nitrogens with zero attached hydrogens (tertiary/aromatic N) is 2. The summed E-state index contributed by atoms with van der Waals surface area (Å²) < 4.78 is 5.33. The maximum atomic E-state index is 12.8. The molecule has 1 aromatic heterocycles. The molecule has 6 heteroatoms. The van der Waals surface area contributed by atoms with Crippen LogP contribution in [0.25, 0.3) is 0 Å². The number of aliphatic hydroxyl groups is 1. The van der Waals surface area contributed by atoms with Crippen molar-refractivity contribution in [3.8, 4) is 5.75 Å². The molecule has 3 heterocycles. The molecule has 1 atom stereocenters. The number of methoxy groups -OCH3 is 1. The number of likely N-dealkylation sites (tertiary alicyclic amines) is 2. The van der Waals surface area contributed by atoms with Gasteiger partial charge in [-0.15, -0.1) is 11.3 Å². The predicted molar refractivity (Wildman–Crippen MR) is 115 cm³/mol. The predicted octanol–water partition coefficient (Wildman–Crippen LogP) is 3.17. The fourth-order valence-electron chi connectivity index (χ4n) is 4.79. The van der Waals surface area contributed by atoms with E-state index < -0.39 is 6.10 Å². The fourth-order valence-corrected chi connectivity index (χ4v) is 5.49. The second-order valence-electron chi connectivity index (χ2n) is 8.52. The average molecular weight is 415 g/mol. The minimum atomic E-state index is -0.416. The number of thiophene rings is 1. The zero-order chi connectivity index (χ0) is 20.3. The number of benzene rings is 1. The number of aliphatic hydroxyl groups excluding tert-OH is 1. The summed E-state index contributed by atoms with van der Waals surface area (Å²) in [4.78, 5) is 18.3. The molecule has 2 fully saturated rings. The molecule has 2 aliphatic heterocycles. The maximum absolute atomic E-state index is 12.8. The summed E-state index contributed by atoms with van der Waals surface area (Å²) in [5.41, 5.74) is 1.31. The van der Waals surface area contributed by atoms with Crippen LogP contribution in [-0.4, -0.2) is 60.2 Å². The summed E-state index contributed by atoms with van der Waals surface area (Å²) in [6.45, 7) is 4.16. The number of β-amino-alcohol motifs (C(OH)–C–C–N with tert-alkyl or cyclic N) is 1. The number of carbonyl (C=O) groups is 1. The lowest BCUT2D eigenvalue weighted by Crippen LogP contribution is -2.55. The summed E-state index contributed by atoms with van der Waals surface area (Å²) in [6, 6.07) is 12.2. The van der Waals surface area contributed by atoms with E-state index in [1.165, 1.54) is 5.56 Å². The van der Waals surface area contributed by atoms with Gasteiger partial charge in [0.25, 0.3) is 0 Å². The van der Waals surface area contributed by atoms with E-state index in [9.17, 15) is 9.90 Å². The number of rotatable bonds is 5. The molecule has 2 aromatic rings. The number of ether oxygens (including phenoxy) is 1. The molecule has 1 aromatic carbocycles. The van der Waals surface area contributed by atoms with Gasteiger partial charge in [0.2, 0.25) is 5.91 Å². The Hall–Kier alpha value is -1.89. The molecule has 1 N–H and O–H groups in total. The minimum Gasteiger partial charge on any atom is -0.497 e. The first-order chi connectivity index (χ1) is 14.0. The lowest BCUT2D eigenvalue weighted by Gasteiger charge is -2.49. The third-order valence-electron chi connectivity index (χ3n) is 6.34. The largest absolute Gasteiger partial charge is 0.497 e. The average Bonchev–Trinajstić information content (AvgIpc) is 3.22. The van der Waals surface area contributed by atoms with E-state index in [0.717, 1.165) is 56.1 Å². The topological polar surface area (TPSA) is 53.0 Å². The fraction of sp³-hybridized carbons (Fsp3) is 0.522. The third-order valence-corrected chi connectivity index (χ3v) is 7.22. The summed E-state index contributed by atoms with van der Waals surface area (Å²) in [5.74, 6) is 1.04. The van der Waals surface area contributed by atoms with Crippen molar-refractivity contribution in [1.82, 2.24) is 9.80 Å². The van der Waals surface area contributed by atoms with Gasteiger partial charge in [-0.05, 0) is 66.9 Å². The standard InChI is InChI=1S/C23H30N2O3S/c1-28-20-5-2-4-18(12-20)15-24-9-7-23(8-10-24)14-19(26)16-25(17-23)22(27)13-21-6-3-11-29-21/h2-6,11-12,19,26H,7-10,13-17H2,1H3. The van der Waals surface area contributed by atoms with Crippen LogP contribution in [0.5, 0.6) is 5.75 Å². The summed E-state index contributed by atoms with van der Waals surface area (Å²) >= 11 is 1.62. The van der Waals surface area contributed by atoms with Crippen LogP contribution in [0.3, 0.4) is 0 Å². The van der Waals surface area contributed by atoms with Gasteiger partial charge in [-0.2, -0.15) is 0 Å².